The molecule has 0 aliphatic rings. The molecule has 0 fully saturated rings. The van der Waals surface area contributed by atoms with Crippen molar-refractivity contribution in [3.63, 3.8) is 0 Å². The van der Waals surface area contributed by atoms with Crippen LogP contribution in [0.3, 0.4) is 0 Å². The van der Waals surface area contributed by atoms with Crippen molar-refractivity contribution < 1.29 is 4.39 Å². The Balaban J connectivity index is 2.59. The molecule has 1 aromatic carbocycles. The summed E-state index contributed by atoms with van der Waals surface area (Å²) in [6.45, 7) is 5.65. The van der Waals surface area contributed by atoms with E-state index in [-0.39, 0.29) is 11.9 Å². The van der Waals surface area contributed by atoms with Crippen molar-refractivity contribution in [3.05, 3.63) is 30.1 Å². The minimum atomic E-state index is -0.154. The summed E-state index contributed by atoms with van der Waals surface area (Å²) < 4.78 is 13.9. The van der Waals surface area contributed by atoms with Crippen LogP contribution in [-0.4, -0.2) is 19.1 Å². The van der Waals surface area contributed by atoms with E-state index in [0.29, 0.717) is 12.2 Å². The first kappa shape index (κ1) is 17.0. The normalized spacial score (nSPS) is 12.4. The largest absolute Gasteiger partial charge is 0.365 e. The molecule has 0 saturated heterocycles. The van der Waals surface area contributed by atoms with Crippen molar-refractivity contribution in [3.8, 4) is 0 Å². The van der Waals surface area contributed by atoms with E-state index >= 15 is 0 Å². The summed E-state index contributed by atoms with van der Waals surface area (Å²) in [6, 6.07) is 7.22. The van der Waals surface area contributed by atoms with Crippen LogP contribution in [0.2, 0.25) is 0 Å². The van der Waals surface area contributed by atoms with Crippen molar-refractivity contribution in [2.24, 2.45) is 5.73 Å². The Kier molecular flexibility index (Phi) is 8.28. The molecule has 0 aromatic heterocycles. The van der Waals surface area contributed by atoms with Crippen LogP contribution in [0.5, 0.6) is 0 Å². The lowest BCUT2D eigenvalue weighted by molar-refractivity contribution is 0.507. The van der Waals surface area contributed by atoms with Gasteiger partial charge in [0, 0.05) is 19.1 Å². The zero-order valence-electron chi connectivity index (χ0n) is 12.9. The molecule has 2 N–H and O–H groups in total. The number of benzene rings is 1. The number of likely N-dealkylation sites (N-methyl/N-ethyl adjacent to an activating group) is 1. The maximum absolute atomic E-state index is 13.9. The topological polar surface area (TPSA) is 29.3 Å². The molecule has 0 heterocycles. The molecule has 0 amide bonds. The molecule has 0 saturated carbocycles. The number of nitrogens with zero attached hydrogens (tertiary/aromatic N) is 1. The summed E-state index contributed by atoms with van der Waals surface area (Å²) in [5.41, 5.74) is 6.59. The number of nitrogens with two attached hydrogens (primary N) is 1. The Bertz CT molecular complexity index is 368. The number of unbranched alkanes of at least 4 members (excludes halogenated alkanes) is 4. The fraction of sp³-hybridized carbons (Fsp3) is 0.647. The predicted octanol–water partition coefficient (Wildman–Crippen LogP) is 4.34. The van der Waals surface area contributed by atoms with E-state index in [1.54, 1.807) is 6.07 Å². The quantitative estimate of drug-likeness (QED) is 0.646. The molecule has 3 heteroatoms. The lowest BCUT2D eigenvalue weighted by Crippen LogP contribution is -2.41. The molecule has 1 unspecified atom stereocenters. The molecule has 0 bridgehead atoms. The fourth-order valence-corrected chi connectivity index (χ4v) is 2.69. The third kappa shape index (κ3) is 5.12. The molecule has 2 nitrogen and oxygen atoms in total. The van der Waals surface area contributed by atoms with Gasteiger partial charge >= 0.3 is 0 Å². The lowest BCUT2D eigenvalue weighted by atomic mass is 10.0. The van der Waals surface area contributed by atoms with Gasteiger partial charge in [-0.3, -0.25) is 0 Å². The van der Waals surface area contributed by atoms with E-state index < -0.39 is 0 Å². The van der Waals surface area contributed by atoms with Gasteiger partial charge < -0.3 is 10.6 Å². The van der Waals surface area contributed by atoms with Gasteiger partial charge in [-0.2, -0.15) is 0 Å². The maximum Gasteiger partial charge on any atom is 0.146 e. The number of rotatable bonds is 10. The summed E-state index contributed by atoms with van der Waals surface area (Å²) in [6.07, 6.45) is 7.32. The summed E-state index contributed by atoms with van der Waals surface area (Å²) in [7, 11) is 0. The van der Waals surface area contributed by atoms with Crippen LogP contribution in [-0.2, 0) is 0 Å². The molecule has 1 atom stereocenters. The third-order valence-electron chi connectivity index (χ3n) is 3.86. The lowest BCUT2D eigenvalue weighted by Gasteiger charge is -2.32. The minimum Gasteiger partial charge on any atom is -0.365 e. The van der Waals surface area contributed by atoms with E-state index in [4.69, 9.17) is 5.73 Å². The van der Waals surface area contributed by atoms with Crippen LogP contribution in [0.25, 0.3) is 0 Å². The summed E-state index contributed by atoms with van der Waals surface area (Å²) in [4.78, 5) is 2.11. The first-order valence-electron chi connectivity index (χ1n) is 7.95. The Labute approximate surface area is 123 Å². The highest BCUT2D eigenvalue weighted by Gasteiger charge is 2.18. The first-order valence-corrected chi connectivity index (χ1v) is 7.95. The highest BCUT2D eigenvalue weighted by Crippen LogP contribution is 2.23. The monoisotopic (exact) mass is 280 g/mol. The Hall–Kier alpha value is -1.09. The Morgan fingerprint density at radius 2 is 1.80 bits per heavy atom. The average Bonchev–Trinajstić information content (AvgIpc) is 2.47. The molecule has 0 aliphatic heterocycles. The van der Waals surface area contributed by atoms with Crippen LogP contribution in [0.1, 0.15) is 52.4 Å². The van der Waals surface area contributed by atoms with Crippen molar-refractivity contribution in [1.82, 2.24) is 0 Å². The maximum atomic E-state index is 13.9. The van der Waals surface area contributed by atoms with Crippen molar-refractivity contribution in [2.75, 3.05) is 18.0 Å². The smallest absolute Gasteiger partial charge is 0.146 e. The van der Waals surface area contributed by atoms with Crippen LogP contribution in [0.15, 0.2) is 24.3 Å². The van der Waals surface area contributed by atoms with Crippen LogP contribution in [0, 0.1) is 5.82 Å². The second kappa shape index (κ2) is 9.76. The first-order chi connectivity index (χ1) is 9.74. The molecule has 114 valence electrons. The number of hydrogen-bond acceptors (Lipinski definition) is 2. The van der Waals surface area contributed by atoms with Gasteiger partial charge in [0.15, 0.2) is 0 Å². The van der Waals surface area contributed by atoms with Crippen LogP contribution < -0.4 is 10.6 Å². The molecule has 1 aromatic rings. The van der Waals surface area contributed by atoms with E-state index in [0.717, 1.165) is 13.0 Å². The SMILES string of the molecule is CCCCCCCC(CN)N(CC)c1ccccc1F. The van der Waals surface area contributed by atoms with Crippen molar-refractivity contribution in [1.29, 1.82) is 0 Å². The zero-order valence-corrected chi connectivity index (χ0v) is 12.9. The molecular weight excluding hydrogens is 251 g/mol. The van der Waals surface area contributed by atoms with Crippen molar-refractivity contribution in [2.45, 2.75) is 58.4 Å². The second-order valence-corrected chi connectivity index (χ2v) is 5.33. The highest BCUT2D eigenvalue weighted by atomic mass is 19.1. The number of hydrogen-bond donors (Lipinski definition) is 1. The zero-order chi connectivity index (χ0) is 14.8. The van der Waals surface area contributed by atoms with E-state index in [1.165, 1.54) is 38.2 Å². The minimum absolute atomic E-state index is 0.154. The van der Waals surface area contributed by atoms with Gasteiger partial charge in [0.1, 0.15) is 5.82 Å². The van der Waals surface area contributed by atoms with Gasteiger partial charge in [-0.15, -0.1) is 0 Å². The van der Waals surface area contributed by atoms with Gasteiger partial charge in [0.2, 0.25) is 0 Å². The average molecular weight is 280 g/mol. The molecule has 0 aliphatic carbocycles. The second-order valence-electron chi connectivity index (χ2n) is 5.33. The van der Waals surface area contributed by atoms with Gasteiger partial charge in [-0.05, 0) is 25.5 Å². The van der Waals surface area contributed by atoms with E-state index in [2.05, 4.69) is 18.7 Å². The van der Waals surface area contributed by atoms with E-state index in [9.17, 15) is 4.39 Å². The predicted molar refractivity (Wildman–Crippen MR) is 85.6 cm³/mol. The summed E-state index contributed by atoms with van der Waals surface area (Å²) in [5.74, 6) is -0.154. The molecule has 0 radical (unpaired) electrons. The summed E-state index contributed by atoms with van der Waals surface area (Å²) >= 11 is 0. The number of halogens is 1. The summed E-state index contributed by atoms with van der Waals surface area (Å²) in [5, 5.41) is 0. The Morgan fingerprint density at radius 3 is 2.40 bits per heavy atom. The fourth-order valence-electron chi connectivity index (χ4n) is 2.69. The standard InChI is InChI=1S/C17H29FN2/c1-3-5-6-7-8-11-15(14-19)20(4-2)17-13-10-9-12-16(17)18/h9-10,12-13,15H,3-8,11,14,19H2,1-2H3. The molecule has 0 spiro atoms. The Morgan fingerprint density at radius 1 is 1.10 bits per heavy atom. The van der Waals surface area contributed by atoms with E-state index in [1.807, 2.05) is 12.1 Å². The third-order valence-corrected chi connectivity index (χ3v) is 3.86. The van der Waals surface area contributed by atoms with Crippen LogP contribution >= 0.6 is 0 Å². The van der Waals surface area contributed by atoms with Crippen LogP contribution in [0.4, 0.5) is 10.1 Å². The van der Waals surface area contributed by atoms with Gasteiger partial charge in [0.05, 0.1) is 5.69 Å². The van der Waals surface area contributed by atoms with Gasteiger partial charge in [-0.1, -0.05) is 51.2 Å². The number of para-hydroxylation sites is 1. The molecular formula is C17H29FN2. The van der Waals surface area contributed by atoms with Crippen molar-refractivity contribution >= 4 is 5.69 Å². The highest BCUT2D eigenvalue weighted by molar-refractivity contribution is 5.48. The molecule has 1 rings (SSSR count). The van der Waals surface area contributed by atoms with Gasteiger partial charge in [-0.25, -0.2) is 4.39 Å². The number of anilines is 1. The molecule has 20 heavy (non-hydrogen) atoms. The van der Waals surface area contributed by atoms with Gasteiger partial charge in [0.25, 0.3) is 0 Å².